The second-order valence-corrected chi connectivity index (χ2v) is 5.37. The first-order valence-corrected chi connectivity index (χ1v) is 6.71. The maximum Gasteiger partial charge on any atom is 0.144 e. The average molecular weight is 296 g/mol. The highest BCUT2D eigenvalue weighted by molar-refractivity contribution is 6.30. The number of hydrogen-bond acceptors (Lipinski definition) is 3. The first-order valence-electron chi connectivity index (χ1n) is 5.96. The van der Waals surface area contributed by atoms with Crippen LogP contribution in [0.25, 0.3) is 0 Å². The van der Waals surface area contributed by atoms with Crippen molar-refractivity contribution in [3.8, 4) is 0 Å². The third-order valence-corrected chi connectivity index (χ3v) is 3.09. The second-order valence-electron chi connectivity index (χ2n) is 4.55. The van der Waals surface area contributed by atoms with Crippen LogP contribution in [0.15, 0.2) is 30.3 Å². The number of benzene rings is 1. The van der Waals surface area contributed by atoms with Gasteiger partial charge in [-0.2, -0.15) is 0 Å². The lowest BCUT2D eigenvalue weighted by molar-refractivity contribution is 0.310. The normalized spacial score (nSPS) is 11.0. The minimum absolute atomic E-state index is 0.488. The van der Waals surface area contributed by atoms with Crippen molar-refractivity contribution >= 4 is 23.2 Å². The molecule has 0 fully saturated rings. The van der Waals surface area contributed by atoms with Gasteiger partial charge in [-0.15, -0.1) is 0 Å². The molecule has 0 aliphatic carbocycles. The number of nitrogens with zero attached hydrogens (tertiary/aromatic N) is 3. The van der Waals surface area contributed by atoms with Gasteiger partial charge in [0.15, 0.2) is 0 Å². The summed E-state index contributed by atoms with van der Waals surface area (Å²) in [6.07, 6.45) is 0. The predicted octanol–water partition coefficient (Wildman–Crippen LogP) is 3.72. The van der Waals surface area contributed by atoms with Crippen molar-refractivity contribution in [2.75, 3.05) is 7.05 Å². The van der Waals surface area contributed by atoms with E-state index in [1.807, 2.05) is 38.2 Å². The van der Waals surface area contributed by atoms with Crippen LogP contribution in [0.4, 0.5) is 0 Å². The van der Waals surface area contributed by atoms with Crippen molar-refractivity contribution < 1.29 is 0 Å². The quantitative estimate of drug-likeness (QED) is 0.805. The van der Waals surface area contributed by atoms with E-state index < -0.39 is 0 Å². The number of hydrogen-bond donors (Lipinski definition) is 0. The average Bonchev–Trinajstić information content (AvgIpc) is 2.30. The topological polar surface area (TPSA) is 29.0 Å². The first kappa shape index (κ1) is 14.3. The summed E-state index contributed by atoms with van der Waals surface area (Å²) in [5.41, 5.74) is 2.08. The Morgan fingerprint density at radius 1 is 1.05 bits per heavy atom. The second kappa shape index (κ2) is 6.33. The minimum atomic E-state index is 0.488. The van der Waals surface area contributed by atoms with E-state index in [4.69, 9.17) is 23.2 Å². The Hall–Kier alpha value is -1.16. The maximum atomic E-state index is 5.93. The molecule has 2 aromatic rings. The molecule has 0 saturated heterocycles. The lowest BCUT2D eigenvalue weighted by atomic mass is 10.2. The van der Waals surface area contributed by atoms with Crippen LogP contribution in [0.3, 0.4) is 0 Å². The Bertz CT molecular complexity index is 535. The van der Waals surface area contributed by atoms with Gasteiger partial charge in [-0.25, -0.2) is 9.97 Å². The van der Waals surface area contributed by atoms with Gasteiger partial charge in [0.25, 0.3) is 0 Å². The van der Waals surface area contributed by atoms with Crippen LogP contribution in [-0.4, -0.2) is 21.9 Å². The third kappa shape index (κ3) is 4.46. The van der Waals surface area contributed by atoms with Gasteiger partial charge in [-0.3, -0.25) is 4.90 Å². The van der Waals surface area contributed by atoms with Crippen LogP contribution < -0.4 is 0 Å². The first-order chi connectivity index (χ1) is 9.02. The predicted molar refractivity (Wildman–Crippen MR) is 78.4 cm³/mol. The van der Waals surface area contributed by atoms with Crippen molar-refractivity contribution in [2.45, 2.75) is 20.0 Å². The van der Waals surface area contributed by atoms with Gasteiger partial charge in [-0.05, 0) is 37.7 Å². The number of halogens is 2. The molecule has 0 amide bonds. The van der Waals surface area contributed by atoms with E-state index in [2.05, 4.69) is 14.9 Å². The van der Waals surface area contributed by atoms with Crippen LogP contribution in [0.2, 0.25) is 10.2 Å². The fraction of sp³-hybridized carbons (Fsp3) is 0.286. The Morgan fingerprint density at radius 2 is 1.74 bits per heavy atom. The molecule has 1 aromatic carbocycles. The van der Waals surface area contributed by atoms with Gasteiger partial charge in [-0.1, -0.05) is 35.3 Å². The maximum absolute atomic E-state index is 5.93. The van der Waals surface area contributed by atoms with Gasteiger partial charge in [0.2, 0.25) is 0 Å². The van der Waals surface area contributed by atoms with Crippen LogP contribution >= 0.6 is 23.2 Å². The number of aryl methyl sites for hydroxylation is 1. The number of rotatable bonds is 4. The molecule has 100 valence electrons. The molecular weight excluding hydrogens is 281 g/mol. The Kier molecular flexibility index (Phi) is 4.75. The van der Waals surface area contributed by atoms with Gasteiger partial charge >= 0.3 is 0 Å². The Labute approximate surface area is 123 Å². The zero-order chi connectivity index (χ0) is 13.8. The van der Waals surface area contributed by atoms with Gasteiger partial charge in [0.05, 0.1) is 6.54 Å². The standard InChI is InChI=1S/C14H15Cl2N3/c1-10-7-13(16)18-14(17-10)9-19(2)8-11-3-5-12(15)6-4-11/h3-7H,8-9H2,1-2H3. The molecule has 0 aliphatic rings. The summed E-state index contributed by atoms with van der Waals surface area (Å²) in [4.78, 5) is 10.7. The molecule has 5 heteroatoms. The highest BCUT2D eigenvalue weighted by atomic mass is 35.5. The van der Waals surface area contributed by atoms with Crippen molar-refractivity contribution in [3.05, 3.63) is 57.6 Å². The summed E-state index contributed by atoms with van der Waals surface area (Å²) < 4.78 is 0. The lowest BCUT2D eigenvalue weighted by Crippen LogP contribution is -2.19. The monoisotopic (exact) mass is 295 g/mol. The van der Waals surface area contributed by atoms with E-state index in [0.29, 0.717) is 11.7 Å². The summed E-state index contributed by atoms with van der Waals surface area (Å²) >= 11 is 11.8. The number of aromatic nitrogens is 2. The van der Waals surface area contributed by atoms with E-state index >= 15 is 0 Å². The van der Waals surface area contributed by atoms with Crippen LogP contribution in [0, 0.1) is 6.92 Å². The zero-order valence-corrected chi connectivity index (χ0v) is 12.4. The molecule has 0 aliphatic heterocycles. The van der Waals surface area contributed by atoms with E-state index in [9.17, 15) is 0 Å². The van der Waals surface area contributed by atoms with Crippen LogP contribution in [0.5, 0.6) is 0 Å². The van der Waals surface area contributed by atoms with Crippen molar-refractivity contribution in [3.63, 3.8) is 0 Å². The fourth-order valence-corrected chi connectivity index (χ4v) is 2.24. The smallest absolute Gasteiger partial charge is 0.144 e. The van der Waals surface area contributed by atoms with E-state index in [1.54, 1.807) is 6.07 Å². The van der Waals surface area contributed by atoms with Crippen molar-refractivity contribution in [1.82, 2.24) is 14.9 Å². The fourth-order valence-electron chi connectivity index (χ4n) is 1.86. The van der Waals surface area contributed by atoms with Gasteiger partial charge in [0, 0.05) is 17.3 Å². The van der Waals surface area contributed by atoms with Crippen LogP contribution in [-0.2, 0) is 13.1 Å². The summed E-state index contributed by atoms with van der Waals surface area (Å²) in [6, 6.07) is 9.57. The highest BCUT2D eigenvalue weighted by Gasteiger charge is 2.06. The zero-order valence-electron chi connectivity index (χ0n) is 10.9. The molecule has 0 unspecified atom stereocenters. The molecule has 2 rings (SSSR count). The molecule has 0 N–H and O–H groups in total. The summed E-state index contributed by atoms with van der Waals surface area (Å²) in [5.74, 6) is 0.737. The SMILES string of the molecule is Cc1cc(Cl)nc(CN(C)Cc2ccc(Cl)cc2)n1. The molecule has 19 heavy (non-hydrogen) atoms. The molecular formula is C14H15Cl2N3. The van der Waals surface area contributed by atoms with Crippen molar-refractivity contribution in [2.24, 2.45) is 0 Å². The van der Waals surface area contributed by atoms with E-state index in [1.165, 1.54) is 5.56 Å². The summed E-state index contributed by atoms with van der Waals surface area (Å²) in [6.45, 7) is 3.38. The molecule has 3 nitrogen and oxygen atoms in total. The minimum Gasteiger partial charge on any atom is -0.295 e. The van der Waals surface area contributed by atoms with Crippen LogP contribution in [0.1, 0.15) is 17.1 Å². The highest BCUT2D eigenvalue weighted by Crippen LogP contribution is 2.12. The summed E-state index contributed by atoms with van der Waals surface area (Å²) in [5, 5.41) is 1.24. The molecule has 0 spiro atoms. The van der Waals surface area contributed by atoms with Crippen molar-refractivity contribution in [1.29, 1.82) is 0 Å². The Morgan fingerprint density at radius 3 is 2.37 bits per heavy atom. The van der Waals surface area contributed by atoms with Gasteiger partial charge in [0.1, 0.15) is 11.0 Å². The molecule has 1 aromatic heterocycles. The lowest BCUT2D eigenvalue weighted by Gasteiger charge is -2.16. The van der Waals surface area contributed by atoms with Gasteiger partial charge < -0.3 is 0 Å². The Balaban J connectivity index is 2.00. The molecule has 0 radical (unpaired) electrons. The molecule has 0 atom stereocenters. The molecule has 0 bridgehead atoms. The molecule has 0 saturated carbocycles. The summed E-state index contributed by atoms with van der Waals surface area (Å²) in [7, 11) is 2.02. The van der Waals surface area contributed by atoms with E-state index in [-0.39, 0.29) is 0 Å². The molecule has 1 heterocycles. The van der Waals surface area contributed by atoms with E-state index in [0.717, 1.165) is 23.1 Å². The third-order valence-electron chi connectivity index (χ3n) is 2.65. The largest absolute Gasteiger partial charge is 0.295 e.